The molecule has 0 unspecified atom stereocenters. The molecule has 1 rings (SSSR count). The normalized spacial score (nSPS) is 11.4. The molecule has 0 heterocycles. The van der Waals surface area contributed by atoms with E-state index in [1.54, 1.807) is 0 Å². The minimum absolute atomic E-state index is 0.00814. The number of rotatable bonds is 5. The number of ether oxygens (including phenoxy) is 1. The zero-order valence-corrected chi connectivity index (χ0v) is 12.2. The number of nitrogens with two attached hydrogens (primary N) is 1. The maximum atomic E-state index is 11.8. The molecular weight excluding hydrogens is 240 g/mol. The monoisotopic (exact) mass is 264 g/mol. The first-order chi connectivity index (χ1) is 8.79. The molecule has 19 heavy (non-hydrogen) atoms. The van der Waals surface area contributed by atoms with Crippen LogP contribution in [0.3, 0.4) is 0 Å². The average Bonchev–Trinajstić information content (AvgIpc) is 2.29. The Morgan fingerprint density at radius 1 is 1.37 bits per heavy atom. The Kier molecular flexibility index (Phi) is 5.36. The molecular formula is C15H24N2O2. The van der Waals surface area contributed by atoms with Crippen molar-refractivity contribution in [3.63, 3.8) is 0 Å². The third-order valence-corrected chi connectivity index (χ3v) is 2.73. The molecule has 0 aliphatic carbocycles. The Hall–Kier alpha value is -1.55. The van der Waals surface area contributed by atoms with Gasteiger partial charge in [0.05, 0.1) is 5.60 Å². The van der Waals surface area contributed by atoms with Crippen molar-refractivity contribution in [3.8, 4) is 0 Å². The molecule has 1 aromatic carbocycles. The summed E-state index contributed by atoms with van der Waals surface area (Å²) in [5, 5.41) is 2.87. The van der Waals surface area contributed by atoms with Gasteiger partial charge in [0.1, 0.15) is 0 Å². The first-order valence-electron chi connectivity index (χ1n) is 6.58. The predicted octanol–water partition coefficient (Wildman–Crippen LogP) is 3.11. The van der Waals surface area contributed by atoms with Gasteiger partial charge in [-0.1, -0.05) is 6.07 Å². The highest BCUT2D eigenvalue weighted by Gasteiger charge is 2.10. The van der Waals surface area contributed by atoms with Crippen LogP contribution in [0.2, 0.25) is 0 Å². The van der Waals surface area contributed by atoms with E-state index in [1.807, 2.05) is 45.9 Å². The average molecular weight is 264 g/mol. The van der Waals surface area contributed by atoms with E-state index in [9.17, 15) is 4.79 Å². The fourth-order valence-electron chi connectivity index (χ4n) is 1.61. The Morgan fingerprint density at radius 2 is 2.05 bits per heavy atom. The Balaban J connectivity index is 2.38. The van der Waals surface area contributed by atoms with E-state index in [1.165, 1.54) is 0 Å². The maximum absolute atomic E-state index is 11.8. The third kappa shape index (κ3) is 5.75. The van der Waals surface area contributed by atoms with E-state index < -0.39 is 0 Å². The minimum Gasteiger partial charge on any atom is -0.398 e. The molecule has 4 heteroatoms. The molecule has 0 aliphatic heterocycles. The van der Waals surface area contributed by atoms with Gasteiger partial charge in [0.15, 0.2) is 0 Å². The molecule has 0 fully saturated rings. The van der Waals surface area contributed by atoms with Crippen LogP contribution in [0.5, 0.6) is 0 Å². The van der Waals surface area contributed by atoms with Gasteiger partial charge in [-0.3, -0.25) is 4.79 Å². The van der Waals surface area contributed by atoms with Crippen LogP contribution >= 0.6 is 0 Å². The van der Waals surface area contributed by atoms with Gasteiger partial charge in [0, 0.05) is 24.4 Å². The summed E-state index contributed by atoms with van der Waals surface area (Å²) in [5.41, 5.74) is 8.02. The summed E-state index contributed by atoms with van der Waals surface area (Å²) >= 11 is 0. The number of amides is 1. The fraction of sp³-hybridized carbons (Fsp3) is 0.533. The Morgan fingerprint density at radius 3 is 2.68 bits per heavy atom. The van der Waals surface area contributed by atoms with Crippen molar-refractivity contribution in [2.75, 3.05) is 17.7 Å². The topological polar surface area (TPSA) is 64.3 Å². The molecule has 0 aliphatic rings. The van der Waals surface area contributed by atoms with Crippen LogP contribution in [0.4, 0.5) is 11.4 Å². The van der Waals surface area contributed by atoms with Crippen molar-refractivity contribution in [3.05, 3.63) is 23.8 Å². The standard InChI is InChI=1S/C15H24N2O2/c1-11-12(16)7-5-8-13(11)17-14(18)9-6-10-19-15(2,3)4/h5,7-8H,6,9-10,16H2,1-4H3,(H,17,18). The van der Waals surface area contributed by atoms with E-state index in [0.717, 1.165) is 11.3 Å². The molecule has 1 amide bonds. The second kappa shape index (κ2) is 6.57. The van der Waals surface area contributed by atoms with Gasteiger partial charge in [-0.2, -0.15) is 0 Å². The lowest BCUT2D eigenvalue weighted by atomic mass is 10.1. The van der Waals surface area contributed by atoms with Crippen molar-refractivity contribution in [2.45, 2.75) is 46.1 Å². The number of hydrogen-bond donors (Lipinski definition) is 2. The lowest BCUT2D eigenvalue weighted by Crippen LogP contribution is -2.21. The number of carbonyl (C=O) groups excluding carboxylic acids is 1. The first-order valence-corrected chi connectivity index (χ1v) is 6.58. The van der Waals surface area contributed by atoms with E-state index in [2.05, 4.69) is 5.32 Å². The second-order valence-electron chi connectivity index (χ2n) is 5.63. The number of anilines is 2. The van der Waals surface area contributed by atoms with Crippen LogP contribution in [-0.2, 0) is 9.53 Å². The fourth-order valence-corrected chi connectivity index (χ4v) is 1.61. The van der Waals surface area contributed by atoms with Crippen LogP contribution < -0.4 is 11.1 Å². The molecule has 3 N–H and O–H groups in total. The number of nitrogens with one attached hydrogen (secondary N) is 1. The molecule has 0 radical (unpaired) electrons. The molecule has 0 aromatic heterocycles. The zero-order valence-electron chi connectivity index (χ0n) is 12.2. The van der Waals surface area contributed by atoms with Gasteiger partial charge in [0.2, 0.25) is 5.91 Å². The van der Waals surface area contributed by atoms with Crippen LogP contribution in [0.25, 0.3) is 0 Å². The number of benzene rings is 1. The van der Waals surface area contributed by atoms with E-state index in [4.69, 9.17) is 10.5 Å². The van der Waals surface area contributed by atoms with Crippen molar-refractivity contribution in [1.29, 1.82) is 0 Å². The first kappa shape index (κ1) is 15.5. The minimum atomic E-state index is -0.152. The van der Waals surface area contributed by atoms with Crippen molar-refractivity contribution >= 4 is 17.3 Å². The SMILES string of the molecule is Cc1c(N)cccc1NC(=O)CCCOC(C)(C)C. The second-order valence-corrected chi connectivity index (χ2v) is 5.63. The summed E-state index contributed by atoms with van der Waals surface area (Å²) < 4.78 is 5.57. The van der Waals surface area contributed by atoms with Crippen LogP contribution in [-0.4, -0.2) is 18.1 Å². The summed E-state index contributed by atoms with van der Waals surface area (Å²) in [6, 6.07) is 5.51. The van der Waals surface area contributed by atoms with Gasteiger partial charge >= 0.3 is 0 Å². The Labute approximate surface area is 115 Å². The molecule has 0 saturated heterocycles. The van der Waals surface area contributed by atoms with E-state index in [-0.39, 0.29) is 11.5 Å². The largest absolute Gasteiger partial charge is 0.398 e. The van der Waals surface area contributed by atoms with Gasteiger partial charge in [0.25, 0.3) is 0 Å². The van der Waals surface area contributed by atoms with Gasteiger partial charge < -0.3 is 15.8 Å². The van der Waals surface area contributed by atoms with Crippen molar-refractivity contribution in [1.82, 2.24) is 0 Å². The van der Waals surface area contributed by atoms with Crippen molar-refractivity contribution in [2.24, 2.45) is 0 Å². The highest BCUT2D eigenvalue weighted by atomic mass is 16.5. The summed E-state index contributed by atoms with van der Waals surface area (Å²) in [7, 11) is 0. The van der Waals surface area contributed by atoms with E-state index in [0.29, 0.717) is 25.1 Å². The summed E-state index contributed by atoms with van der Waals surface area (Å²) in [6.07, 6.45) is 1.16. The van der Waals surface area contributed by atoms with Gasteiger partial charge in [-0.05, 0) is 51.8 Å². The summed E-state index contributed by atoms with van der Waals surface area (Å²) in [4.78, 5) is 11.8. The molecule has 106 valence electrons. The van der Waals surface area contributed by atoms with Crippen LogP contribution in [0.1, 0.15) is 39.2 Å². The lowest BCUT2D eigenvalue weighted by molar-refractivity contribution is -0.116. The molecule has 4 nitrogen and oxygen atoms in total. The van der Waals surface area contributed by atoms with Crippen LogP contribution in [0.15, 0.2) is 18.2 Å². The predicted molar refractivity (Wildman–Crippen MR) is 79.2 cm³/mol. The van der Waals surface area contributed by atoms with Crippen molar-refractivity contribution < 1.29 is 9.53 Å². The van der Waals surface area contributed by atoms with Crippen LogP contribution in [0, 0.1) is 6.92 Å². The number of nitrogen functional groups attached to an aromatic ring is 1. The smallest absolute Gasteiger partial charge is 0.224 e. The van der Waals surface area contributed by atoms with E-state index >= 15 is 0 Å². The third-order valence-electron chi connectivity index (χ3n) is 2.73. The molecule has 1 aromatic rings. The number of carbonyl (C=O) groups is 1. The molecule has 0 atom stereocenters. The zero-order chi connectivity index (χ0) is 14.5. The molecule has 0 bridgehead atoms. The highest BCUT2D eigenvalue weighted by molar-refractivity contribution is 5.92. The quantitative estimate of drug-likeness (QED) is 0.634. The molecule has 0 saturated carbocycles. The van der Waals surface area contributed by atoms with Gasteiger partial charge in [-0.25, -0.2) is 0 Å². The maximum Gasteiger partial charge on any atom is 0.224 e. The lowest BCUT2D eigenvalue weighted by Gasteiger charge is -2.19. The highest BCUT2D eigenvalue weighted by Crippen LogP contribution is 2.20. The summed E-state index contributed by atoms with van der Waals surface area (Å²) in [6.45, 7) is 8.50. The van der Waals surface area contributed by atoms with Gasteiger partial charge in [-0.15, -0.1) is 0 Å². The number of hydrogen-bond acceptors (Lipinski definition) is 3. The molecule has 0 spiro atoms. The summed E-state index contributed by atoms with van der Waals surface area (Å²) in [5.74, 6) is -0.00814. The Bertz CT molecular complexity index is 436.